The molecule has 139 heavy (non-hydrogen) atoms. The van der Waals surface area contributed by atoms with Gasteiger partial charge >= 0.3 is 31.0 Å². The third-order valence-electron chi connectivity index (χ3n) is 24.6. The number of halogens is 2. The lowest BCUT2D eigenvalue weighted by Crippen LogP contribution is -2.41. The zero-order valence-corrected chi connectivity index (χ0v) is 84.5. The standard InChI is InChI=1S/C30H35BO4.C29H25NO2S.C27H20ClNO2S.C27H21NO2S.C5H2BrNS/c1-7-26(31-34-29(3,4)30(5,6)35-31)28(25-19-23-11-9-10-12-24(23)20-25)22-16-13-21(14-17-22)15-18-27(32)33-8-2;1-4-25(26-16-17-33-29(26)30-3)28(24-18-22-8-6-7-9-23(22)19-24)21-13-10-20(11-14-21)12-15-27(31)32-5-2;1-3-20(22-14-15-32-27(22)29-2)25(18-11-8-17(9-12-18)10-13-24(30)31)23-16-19-6-4-5-7-21(19)26(23)28;1-3-23(24-14-15-31-27(24)28-2)26(22-16-20-6-4-5-7-21(20)17-22)19-11-8-18(9-12-19)10-13-25(29)30;1-7-5-4(6)2-3-8-5/h9-19H,7-8,20H2,1-6H3;6-18H,4-5,19H2,1-2H3;4-15H,3,16H2,1H3,(H,30,31);4-16H,3,17H2,1H3,(H,29,30);2-3H/b18-15+,28-26+;15-12+,28-25+;13-10+,25-20+;13-10+,26-23+;. The molecule has 5 aliphatic rings. The smallest absolute Gasteiger partial charge is 0.478 e. The summed E-state index contributed by atoms with van der Waals surface area (Å²) in [6.07, 6.45) is 25.3. The number of thiophene rings is 4. The molecule has 0 amide bonds. The summed E-state index contributed by atoms with van der Waals surface area (Å²) in [5, 5.41) is 29.2. The Kier molecular flexibility index (Phi) is 35.6. The first-order chi connectivity index (χ1) is 67.3. The first-order valence-electron chi connectivity index (χ1n) is 45.8. The number of hydrogen-bond acceptors (Lipinski definition) is 12. The molecule has 1 aliphatic heterocycles. The largest absolute Gasteiger partial charge is 0.491 e. The Morgan fingerprint density at radius 2 is 0.719 bits per heavy atom. The maximum absolute atomic E-state index is 11.7. The fourth-order valence-corrected chi connectivity index (χ4v) is 21.0. The van der Waals surface area contributed by atoms with Crippen LogP contribution in [0.25, 0.3) is 106 Å². The number of carboxylic acids is 2. The monoisotopic (exact) mass is 1990 g/mol. The highest BCUT2D eigenvalue weighted by molar-refractivity contribution is 9.10. The number of hydrogen-bond donors (Lipinski definition) is 2. The van der Waals surface area contributed by atoms with E-state index in [9.17, 15) is 19.2 Å². The zero-order chi connectivity index (χ0) is 98.9. The van der Waals surface area contributed by atoms with Crippen molar-refractivity contribution in [3.8, 4) is 0 Å². The zero-order valence-electron chi connectivity index (χ0n) is 78.9. The summed E-state index contributed by atoms with van der Waals surface area (Å²) in [7, 11) is -0.409. The van der Waals surface area contributed by atoms with E-state index in [1.807, 2.05) is 131 Å². The second kappa shape index (κ2) is 48.4. The van der Waals surface area contributed by atoms with Gasteiger partial charge < -0.3 is 29.0 Å². The van der Waals surface area contributed by atoms with Crippen LogP contribution in [0.15, 0.2) is 296 Å². The highest BCUT2D eigenvalue weighted by Crippen LogP contribution is 2.51. The van der Waals surface area contributed by atoms with Crippen molar-refractivity contribution in [1.29, 1.82) is 0 Å². The van der Waals surface area contributed by atoms with Gasteiger partial charge in [0.25, 0.3) is 5.00 Å². The molecule has 8 aromatic carbocycles. The van der Waals surface area contributed by atoms with E-state index in [1.54, 1.807) is 38.2 Å². The SMILES string of the molecule is CCOC(=O)/C=C/c1ccc(/C(C2=Cc3ccccc3C2)=C(/CC)B2OC(C)(C)C(C)(C)O2)cc1.[C-]#[N+]c1sccc1/C(CC)=C(/C1=C(Cl)c2ccccc2C1)c1ccc(/C=C/C(=O)O)cc1.[C-]#[N+]c1sccc1/C(CC)=C(/C1=Cc2ccccc2C1)c1ccc(/C=C/C(=O)O)cc1.[C-]#[N+]c1sccc1/C(CC)=C(/C1=Cc2ccccc2C1)c1ccc(/C=C/C(=O)OCC)cc1.[C-]#[N+]c1sccc1Br. The molecule has 0 saturated carbocycles. The summed E-state index contributed by atoms with van der Waals surface area (Å²) in [6, 6.07) is 73.9. The topological polar surface area (TPSA) is 163 Å². The lowest BCUT2D eigenvalue weighted by Gasteiger charge is -2.32. The van der Waals surface area contributed by atoms with Crippen LogP contribution in [-0.2, 0) is 63.6 Å². The molecule has 1 fully saturated rings. The van der Waals surface area contributed by atoms with Gasteiger partial charge in [-0.05, 0) is 311 Å². The highest BCUT2D eigenvalue weighted by Gasteiger charge is 2.53. The van der Waals surface area contributed by atoms with Gasteiger partial charge in [-0.3, -0.25) is 0 Å². The Balaban J connectivity index is 0.000000152. The summed E-state index contributed by atoms with van der Waals surface area (Å²) in [6.45, 7) is 50.7. The number of rotatable bonds is 26. The summed E-state index contributed by atoms with van der Waals surface area (Å²) < 4.78 is 23.9. The van der Waals surface area contributed by atoms with Crippen LogP contribution in [0.5, 0.6) is 0 Å². The van der Waals surface area contributed by atoms with Crippen molar-refractivity contribution in [3.05, 3.63) is 448 Å². The van der Waals surface area contributed by atoms with Crippen molar-refractivity contribution in [2.45, 2.75) is 132 Å². The minimum absolute atomic E-state index is 0.333. The van der Waals surface area contributed by atoms with E-state index in [0.717, 1.165) is 178 Å². The molecule has 0 radical (unpaired) electrons. The maximum atomic E-state index is 11.7. The molecule has 0 atom stereocenters. The first-order valence-corrected chi connectivity index (χ1v) is 50.5. The minimum Gasteiger partial charge on any atom is -0.478 e. The Bertz CT molecular complexity index is 7170. The number of aliphatic carboxylic acids is 2. The molecule has 4 aromatic heterocycles. The molecular weight excluding hydrogens is 1890 g/mol. The summed E-state index contributed by atoms with van der Waals surface area (Å²) in [5.41, 5.74) is 34.0. The molecule has 5 heterocycles. The van der Waals surface area contributed by atoms with E-state index in [2.05, 4.69) is 218 Å². The number of allylic oxidation sites excluding steroid dienone is 12. The van der Waals surface area contributed by atoms with Gasteiger partial charge in [-0.1, -0.05) is 286 Å². The Morgan fingerprint density at radius 3 is 1.04 bits per heavy atom. The Hall–Kier alpha value is -14.0. The number of esters is 2. The van der Waals surface area contributed by atoms with Crippen molar-refractivity contribution >= 4 is 210 Å². The van der Waals surface area contributed by atoms with Crippen LogP contribution in [0, 0.1) is 26.3 Å². The number of ether oxygens (including phenoxy) is 2. The normalized spacial score (nSPS) is 14.6. The average molecular weight is 1990 g/mol. The summed E-state index contributed by atoms with van der Waals surface area (Å²) in [4.78, 5) is 59.5. The predicted molar refractivity (Wildman–Crippen MR) is 582 cm³/mol. The second-order valence-corrected chi connectivity index (χ2v) is 38.5. The molecule has 17 rings (SSSR count). The molecule has 12 aromatic rings. The van der Waals surface area contributed by atoms with E-state index in [0.29, 0.717) is 23.2 Å². The third-order valence-corrected chi connectivity index (χ3v) is 29.2. The van der Waals surface area contributed by atoms with Crippen LogP contribution >= 0.6 is 72.9 Å². The van der Waals surface area contributed by atoms with E-state index in [4.69, 9.17) is 66.9 Å². The van der Waals surface area contributed by atoms with Gasteiger partial charge in [0.1, 0.15) is 0 Å². The quantitative estimate of drug-likeness (QED) is 0.0231. The van der Waals surface area contributed by atoms with Crippen LogP contribution in [0.1, 0.15) is 201 Å². The van der Waals surface area contributed by atoms with Crippen LogP contribution in [-0.4, -0.2) is 65.6 Å². The molecule has 696 valence electrons. The fraction of sp³-hybridized carbons (Fsp3) is 0.186. The van der Waals surface area contributed by atoms with Gasteiger partial charge in [0.05, 0.1) is 55.7 Å². The minimum atomic E-state index is -0.979. The van der Waals surface area contributed by atoms with Crippen molar-refractivity contribution < 1.29 is 48.2 Å². The van der Waals surface area contributed by atoms with Gasteiger partial charge in [0.15, 0.2) is 0 Å². The van der Waals surface area contributed by atoms with Crippen LogP contribution in [0.2, 0.25) is 0 Å². The lowest BCUT2D eigenvalue weighted by molar-refractivity contribution is -0.138. The van der Waals surface area contributed by atoms with E-state index in [-0.39, 0.29) is 11.9 Å². The molecule has 4 aliphatic carbocycles. The molecule has 0 spiro atoms. The van der Waals surface area contributed by atoms with Crippen LogP contribution in [0.4, 0.5) is 20.0 Å². The number of benzene rings is 8. The molecule has 21 heteroatoms. The van der Waals surface area contributed by atoms with Crippen LogP contribution < -0.4 is 0 Å². The molecule has 14 nitrogen and oxygen atoms in total. The fourth-order valence-electron chi connectivity index (χ4n) is 17.3. The van der Waals surface area contributed by atoms with Crippen molar-refractivity contribution in [3.63, 3.8) is 0 Å². The first kappa shape index (κ1) is 102. The Morgan fingerprint density at radius 1 is 0.403 bits per heavy atom. The van der Waals surface area contributed by atoms with E-state index >= 15 is 0 Å². The maximum Gasteiger partial charge on any atom is 0.491 e. The lowest BCUT2D eigenvalue weighted by atomic mass is 9.70. The van der Waals surface area contributed by atoms with Gasteiger partial charge in [-0.2, -0.15) is 45.3 Å². The summed E-state index contributed by atoms with van der Waals surface area (Å²) in [5.74, 6) is -2.61. The predicted octanol–water partition coefficient (Wildman–Crippen LogP) is 32.9. The molecule has 0 bridgehead atoms. The van der Waals surface area contributed by atoms with Crippen molar-refractivity contribution in [2.24, 2.45) is 0 Å². The van der Waals surface area contributed by atoms with Gasteiger partial charge in [0, 0.05) is 35.2 Å². The molecular formula is C118H103BBrClN4O10S4. The average Bonchev–Trinajstić information content (AvgIpc) is 1.66. The van der Waals surface area contributed by atoms with Crippen molar-refractivity contribution in [2.75, 3.05) is 13.2 Å². The van der Waals surface area contributed by atoms with E-state index < -0.39 is 30.3 Å². The number of carboxylic acid groups (broad SMARTS) is 2. The second-order valence-electron chi connectivity index (χ2n) is 33.7. The molecule has 1 saturated heterocycles. The Labute approximate surface area is 844 Å². The highest BCUT2D eigenvalue weighted by atomic mass is 79.9. The van der Waals surface area contributed by atoms with Crippen molar-refractivity contribution in [1.82, 2.24) is 0 Å². The van der Waals surface area contributed by atoms with Gasteiger partial charge in [-0.25, -0.2) is 38.6 Å². The number of nitrogens with zero attached hydrogens (tertiary/aromatic N) is 4. The third kappa shape index (κ3) is 25.1. The number of carbonyl (C=O) groups excluding carboxylic acids is 2. The van der Waals surface area contributed by atoms with E-state index in [1.165, 1.54) is 135 Å². The van der Waals surface area contributed by atoms with Gasteiger partial charge in [-0.15, -0.1) is 0 Å². The molecule has 2 N–H and O–H groups in total. The number of carbonyl (C=O) groups is 4. The summed E-state index contributed by atoms with van der Waals surface area (Å²) >= 11 is 16.0. The van der Waals surface area contributed by atoms with Crippen LogP contribution in [0.3, 0.4) is 0 Å². The van der Waals surface area contributed by atoms with Gasteiger partial charge in [0.2, 0.25) is 15.0 Å². The number of fused-ring (bicyclic) bond motifs is 4. The molecule has 0 unspecified atom stereocenters.